The van der Waals surface area contributed by atoms with Crippen molar-refractivity contribution in [3.8, 4) is 11.5 Å². The Bertz CT molecular complexity index is 823. The van der Waals surface area contributed by atoms with Crippen LogP contribution in [0.1, 0.15) is 12.5 Å². The monoisotopic (exact) mass is 393 g/mol. The van der Waals surface area contributed by atoms with Gasteiger partial charge < -0.3 is 14.2 Å². The summed E-state index contributed by atoms with van der Waals surface area (Å²) in [5.41, 5.74) is 0.675. The zero-order chi connectivity index (χ0) is 19.5. The van der Waals surface area contributed by atoms with Crippen molar-refractivity contribution in [3.63, 3.8) is 0 Å². The van der Waals surface area contributed by atoms with Gasteiger partial charge in [0.1, 0.15) is 24.7 Å². The summed E-state index contributed by atoms with van der Waals surface area (Å²) in [6.45, 7) is 1.82. The van der Waals surface area contributed by atoms with E-state index in [-0.39, 0.29) is 19.0 Å². The van der Waals surface area contributed by atoms with Crippen LogP contribution in [0.3, 0.4) is 0 Å². The van der Waals surface area contributed by atoms with Crippen molar-refractivity contribution in [1.82, 2.24) is 4.72 Å². The van der Waals surface area contributed by atoms with Gasteiger partial charge in [-0.2, -0.15) is 0 Å². The molecule has 2 aromatic rings. The molecule has 0 aliphatic heterocycles. The van der Waals surface area contributed by atoms with Crippen molar-refractivity contribution in [2.45, 2.75) is 13.5 Å². The first-order chi connectivity index (χ1) is 13.0. The van der Waals surface area contributed by atoms with Crippen LogP contribution in [0, 0.1) is 0 Å². The van der Waals surface area contributed by atoms with Crippen LogP contribution in [0.5, 0.6) is 11.5 Å². The van der Waals surface area contributed by atoms with Crippen LogP contribution in [0.2, 0.25) is 0 Å². The van der Waals surface area contributed by atoms with Crippen LogP contribution in [0.4, 0.5) is 0 Å². The average Bonchev–Trinajstić information content (AvgIpc) is 2.67. The second-order valence-electron chi connectivity index (χ2n) is 5.52. The molecule has 0 radical (unpaired) electrons. The summed E-state index contributed by atoms with van der Waals surface area (Å²) >= 11 is 0. The molecule has 7 nitrogen and oxygen atoms in total. The summed E-state index contributed by atoms with van der Waals surface area (Å²) in [5, 5.41) is 0. The third kappa shape index (κ3) is 7.78. The minimum Gasteiger partial charge on any atom is -0.460 e. The van der Waals surface area contributed by atoms with E-state index in [2.05, 4.69) is 4.72 Å². The summed E-state index contributed by atoms with van der Waals surface area (Å²) in [7, 11) is -3.58. The first-order valence-electron chi connectivity index (χ1n) is 8.51. The molecule has 2 rings (SSSR count). The van der Waals surface area contributed by atoms with Gasteiger partial charge >= 0.3 is 5.97 Å². The molecule has 0 aliphatic carbocycles. The predicted molar refractivity (Wildman–Crippen MR) is 101 cm³/mol. The highest BCUT2D eigenvalue weighted by atomic mass is 32.2. The number of hydrogen-bond donors (Lipinski definition) is 1. The highest BCUT2D eigenvalue weighted by Gasteiger charge is 2.14. The van der Waals surface area contributed by atoms with Crippen molar-refractivity contribution in [1.29, 1.82) is 0 Å². The molecule has 0 fully saturated rings. The topological polar surface area (TPSA) is 90.9 Å². The maximum atomic E-state index is 11.8. The summed E-state index contributed by atoms with van der Waals surface area (Å²) in [4.78, 5) is 11.8. The lowest BCUT2D eigenvalue weighted by atomic mass is 10.2. The van der Waals surface area contributed by atoms with E-state index in [1.54, 1.807) is 25.1 Å². The molecule has 0 heterocycles. The van der Waals surface area contributed by atoms with E-state index in [1.807, 2.05) is 36.4 Å². The van der Waals surface area contributed by atoms with Crippen molar-refractivity contribution in [2.75, 3.05) is 25.5 Å². The normalized spacial score (nSPS) is 11.1. The molecule has 0 bridgehead atoms. The molecule has 0 spiro atoms. The first kappa shape index (κ1) is 20.9. The number of carbonyl (C=O) groups is 1. The Balaban J connectivity index is 1.85. The fourth-order valence-electron chi connectivity index (χ4n) is 2.10. The maximum Gasteiger partial charge on any atom is 0.321 e. The molecule has 0 saturated heterocycles. The van der Waals surface area contributed by atoms with Gasteiger partial charge in [-0.05, 0) is 25.1 Å². The van der Waals surface area contributed by atoms with Gasteiger partial charge in [-0.15, -0.1) is 0 Å². The number of esters is 1. The first-order valence-corrected chi connectivity index (χ1v) is 10.2. The van der Waals surface area contributed by atoms with E-state index in [4.69, 9.17) is 14.2 Å². The summed E-state index contributed by atoms with van der Waals surface area (Å²) in [6, 6.07) is 16.4. The number of para-hydroxylation sites is 2. The highest BCUT2D eigenvalue weighted by Crippen LogP contribution is 2.25. The Morgan fingerprint density at radius 2 is 1.74 bits per heavy atom. The molecule has 1 N–H and O–H groups in total. The second-order valence-corrected chi connectivity index (χ2v) is 7.45. The lowest BCUT2D eigenvalue weighted by molar-refractivity contribution is -0.143. The lowest BCUT2D eigenvalue weighted by Gasteiger charge is -2.12. The van der Waals surface area contributed by atoms with Gasteiger partial charge in [-0.25, -0.2) is 13.1 Å². The van der Waals surface area contributed by atoms with Crippen molar-refractivity contribution in [3.05, 3.63) is 60.2 Å². The maximum absolute atomic E-state index is 11.8. The fraction of sp³-hybridized carbons (Fsp3) is 0.316. The molecule has 0 unspecified atom stereocenters. The van der Waals surface area contributed by atoms with Gasteiger partial charge in [0.2, 0.25) is 10.0 Å². The molecular weight excluding hydrogens is 370 g/mol. The number of ether oxygens (including phenoxy) is 3. The van der Waals surface area contributed by atoms with E-state index in [0.29, 0.717) is 23.7 Å². The molecule has 8 heteroatoms. The van der Waals surface area contributed by atoms with E-state index in [0.717, 1.165) is 0 Å². The van der Waals surface area contributed by atoms with Crippen molar-refractivity contribution < 1.29 is 27.4 Å². The largest absolute Gasteiger partial charge is 0.460 e. The van der Waals surface area contributed by atoms with Crippen LogP contribution in [-0.4, -0.2) is 39.9 Å². The Kier molecular flexibility index (Phi) is 8.25. The number of hydrogen-bond acceptors (Lipinski definition) is 6. The molecule has 0 aliphatic rings. The lowest BCUT2D eigenvalue weighted by Crippen LogP contribution is -2.33. The number of carbonyl (C=O) groups excluding carboxylic acids is 1. The van der Waals surface area contributed by atoms with Crippen molar-refractivity contribution >= 4 is 16.0 Å². The van der Waals surface area contributed by atoms with Crippen LogP contribution in [-0.2, 0) is 30.9 Å². The SMILES string of the molecule is CCOCCS(=O)(=O)NCC(=O)OCc1ccccc1Oc1ccccc1. The van der Waals surface area contributed by atoms with Gasteiger partial charge in [0.15, 0.2) is 0 Å². The Labute approximate surface area is 159 Å². The van der Waals surface area contributed by atoms with E-state index < -0.39 is 22.5 Å². The molecule has 0 saturated carbocycles. The predicted octanol–water partition coefficient (Wildman–Crippen LogP) is 2.48. The molecule has 0 atom stereocenters. The minimum atomic E-state index is -3.58. The van der Waals surface area contributed by atoms with Gasteiger partial charge in [0.05, 0.1) is 12.4 Å². The Morgan fingerprint density at radius 3 is 2.48 bits per heavy atom. The average molecular weight is 393 g/mol. The van der Waals surface area contributed by atoms with Gasteiger partial charge in [-0.3, -0.25) is 4.79 Å². The summed E-state index contributed by atoms with van der Waals surface area (Å²) < 4.78 is 41.6. The van der Waals surface area contributed by atoms with Gasteiger partial charge in [0.25, 0.3) is 0 Å². The molecule has 2 aromatic carbocycles. The second kappa shape index (κ2) is 10.7. The molecule has 146 valence electrons. The van der Waals surface area contributed by atoms with Crippen LogP contribution >= 0.6 is 0 Å². The zero-order valence-electron chi connectivity index (χ0n) is 15.1. The van der Waals surface area contributed by atoms with Gasteiger partial charge in [-0.1, -0.05) is 36.4 Å². The third-order valence-corrected chi connectivity index (χ3v) is 4.76. The van der Waals surface area contributed by atoms with E-state index >= 15 is 0 Å². The van der Waals surface area contributed by atoms with Gasteiger partial charge in [0, 0.05) is 12.2 Å². The Morgan fingerprint density at radius 1 is 1.04 bits per heavy atom. The third-order valence-electron chi connectivity index (χ3n) is 3.47. The molecule has 0 aromatic heterocycles. The zero-order valence-corrected chi connectivity index (χ0v) is 15.9. The molecular formula is C19H23NO6S. The van der Waals surface area contributed by atoms with E-state index in [9.17, 15) is 13.2 Å². The number of benzene rings is 2. The van der Waals surface area contributed by atoms with E-state index in [1.165, 1.54) is 0 Å². The quantitative estimate of drug-likeness (QED) is 0.466. The Hall–Kier alpha value is -2.42. The summed E-state index contributed by atoms with van der Waals surface area (Å²) in [5.74, 6) is 0.346. The van der Waals surface area contributed by atoms with Crippen LogP contribution < -0.4 is 9.46 Å². The van der Waals surface area contributed by atoms with Crippen molar-refractivity contribution in [2.24, 2.45) is 0 Å². The minimum absolute atomic E-state index is 0.0253. The number of sulfonamides is 1. The smallest absolute Gasteiger partial charge is 0.321 e. The standard InChI is InChI=1S/C19H23NO6S/c1-2-24-12-13-27(22,23)20-14-19(21)25-15-16-8-6-7-11-18(16)26-17-9-4-3-5-10-17/h3-11,20H,2,12-15H2,1H3. The van der Waals surface area contributed by atoms with Crippen LogP contribution in [0.15, 0.2) is 54.6 Å². The number of nitrogens with one attached hydrogen (secondary N) is 1. The summed E-state index contributed by atoms with van der Waals surface area (Å²) in [6.07, 6.45) is 0. The fourth-order valence-corrected chi connectivity index (χ4v) is 2.92. The molecule has 27 heavy (non-hydrogen) atoms. The number of rotatable bonds is 11. The molecule has 0 amide bonds. The van der Waals surface area contributed by atoms with Crippen LogP contribution in [0.25, 0.3) is 0 Å². The highest BCUT2D eigenvalue weighted by molar-refractivity contribution is 7.89.